The number of nitrogens with two attached hydrogens (primary N) is 1. The molecule has 2 aromatic heterocycles. The highest BCUT2D eigenvalue weighted by molar-refractivity contribution is 6.30. The SMILES string of the molecule is COc1ccc(OC)c(-c2nc(C(N)=O)c3[nH]c(=O)n(-c4cccc(Cl)c4)c3n2)c1. The van der Waals surface area contributed by atoms with Crippen molar-refractivity contribution in [3.8, 4) is 28.6 Å². The van der Waals surface area contributed by atoms with Crippen molar-refractivity contribution in [3.05, 3.63) is 63.7 Å². The molecule has 0 spiro atoms. The number of primary amides is 1. The zero-order valence-electron chi connectivity index (χ0n) is 16.0. The normalized spacial score (nSPS) is 10.9. The summed E-state index contributed by atoms with van der Waals surface area (Å²) in [4.78, 5) is 36.2. The van der Waals surface area contributed by atoms with Crippen LogP contribution in [0.15, 0.2) is 47.3 Å². The Morgan fingerprint density at radius 2 is 1.93 bits per heavy atom. The molecule has 0 unspecified atom stereocenters. The van der Waals surface area contributed by atoms with Gasteiger partial charge < -0.3 is 20.2 Å². The van der Waals surface area contributed by atoms with Crippen LogP contribution in [0.1, 0.15) is 10.5 Å². The standard InChI is InChI=1S/C20H16ClN5O4/c1-29-12-6-7-14(30-2)13(9-12)18-23-15(17(22)27)16-19(25-18)26(20(28)24-16)11-5-3-4-10(21)8-11/h3-9H,1-2H3,(H2,22,27)(H,24,28). The number of hydrogen-bond donors (Lipinski definition) is 2. The Labute approximate surface area is 175 Å². The minimum Gasteiger partial charge on any atom is -0.497 e. The number of fused-ring (bicyclic) bond motifs is 1. The largest absolute Gasteiger partial charge is 0.497 e. The average Bonchev–Trinajstić information content (AvgIpc) is 3.07. The number of methoxy groups -OCH3 is 2. The Hall–Kier alpha value is -3.85. The number of imidazole rings is 1. The zero-order valence-corrected chi connectivity index (χ0v) is 16.7. The second-order valence-corrected chi connectivity index (χ2v) is 6.71. The fraction of sp³-hybridized carbons (Fsp3) is 0.100. The summed E-state index contributed by atoms with van der Waals surface area (Å²) in [7, 11) is 3.02. The predicted molar refractivity (Wildman–Crippen MR) is 112 cm³/mol. The maximum atomic E-state index is 12.7. The minimum atomic E-state index is -0.815. The third-order valence-electron chi connectivity index (χ3n) is 4.48. The molecule has 0 saturated carbocycles. The molecule has 4 rings (SSSR count). The van der Waals surface area contributed by atoms with E-state index >= 15 is 0 Å². The van der Waals surface area contributed by atoms with Gasteiger partial charge in [-0.2, -0.15) is 0 Å². The number of rotatable bonds is 5. The molecule has 0 bridgehead atoms. The first kappa shape index (κ1) is 19.5. The van der Waals surface area contributed by atoms with Crippen molar-refractivity contribution in [1.29, 1.82) is 0 Å². The topological polar surface area (TPSA) is 125 Å². The number of hydrogen-bond acceptors (Lipinski definition) is 6. The van der Waals surface area contributed by atoms with Crippen LogP contribution in [0, 0.1) is 0 Å². The molecule has 3 N–H and O–H groups in total. The summed E-state index contributed by atoms with van der Waals surface area (Å²) >= 11 is 6.08. The molecule has 0 radical (unpaired) electrons. The average molecular weight is 426 g/mol. The van der Waals surface area contributed by atoms with Crippen molar-refractivity contribution in [2.24, 2.45) is 5.73 Å². The lowest BCUT2D eigenvalue weighted by molar-refractivity contribution is 0.0997. The van der Waals surface area contributed by atoms with Crippen molar-refractivity contribution in [1.82, 2.24) is 19.5 Å². The lowest BCUT2D eigenvalue weighted by atomic mass is 10.1. The van der Waals surface area contributed by atoms with Gasteiger partial charge in [-0.05, 0) is 36.4 Å². The molecule has 30 heavy (non-hydrogen) atoms. The summed E-state index contributed by atoms with van der Waals surface area (Å²) in [6, 6.07) is 11.7. The van der Waals surface area contributed by atoms with E-state index in [0.717, 1.165) is 0 Å². The number of ether oxygens (including phenoxy) is 2. The maximum Gasteiger partial charge on any atom is 0.332 e. The van der Waals surface area contributed by atoms with Gasteiger partial charge in [0.25, 0.3) is 5.91 Å². The number of amides is 1. The Morgan fingerprint density at radius 3 is 2.60 bits per heavy atom. The Balaban J connectivity index is 2.08. The number of carbonyl (C=O) groups excluding carboxylic acids is 1. The molecule has 152 valence electrons. The smallest absolute Gasteiger partial charge is 0.332 e. The van der Waals surface area contributed by atoms with Crippen LogP contribution in [0.4, 0.5) is 0 Å². The summed E-state index contributed by atoms with van der Waals surface area (Å²) in [6.07, 6.45) is 0. The van der Waals surface area contributed by atoms with E-state index in [4.69, 9.17) is 26.8 Å². The first-order chi connectivity index (χ1) is 14.4. The van der Waals surface area contributed by atoms with Crippen molar-refractivity contribution < 1.29 is 14.3 Å². The monoisotopic (exact) mass is 425 g/mol. The Kier molecular flexibility index (Phi) is 4.88. The van der Waals surface area contributed by atoms with Gasteiger partial charge in [0, 0.05) is 5.02 Å². The molecule has 9 nitrogen and oxygen atoms in total. The highest BCUT2D eigenvalue weighted by Gasteiger charge is 2.22. The van der Waals surface area contributed by atoms with Crippen LogP contribution in [0.3, 0.4) is 0 Å². The van der Waals surface area contributed by atoms with E-state index in [1.807, 2.05) is 0 Å². The van der Waals surface area contributed by atoms with Gasteiger partial charge in [-0.3, -0.25) is 4.79 Å². The van der Waals surface area contributed by atoms with Crippen LogP contribution >= 0.6 is 11.6 Å². The van der Waals surface area contributed by atoms with E-state index < -0.39 is 11.6 Å². The first-order valence-electron chi connectivity index (χ1n) is 8.74. The number of nitrogens with zero attached hydrogens (tertiary/aromatic N) is 3. The Bertz CT molecular complexity index is 1350. The van der Waals surface area contributed by atoms with E-state index in [-0.39, 0.29) is 22.7 Å². The predicted octanol–water partition coefficient (Wildman–Crippen LogP) is 2.55. The molecule has 0 aliphatic carbocycles. The van der Waals surface area contributed by atoms with Gasteiger partial charge in [0.2, 0.25) is 0 Å². The van der Waals surface area contributed by atoms with Crippen LogP contribution in [0.2, 0.25) is 5.02 Å². The Morgan fingerprint density at radius 1 is 1.13 bits per heavy atom. The maximum absolute atomic E-state index is 12.7. The summed E-state index contributed by atoms with van der Waals surface area (Å²) in [6.45, 7) is 0. The van der Waals surface area contributed by atoms with Crippen LogP contribution in [0.5, 0.6) is 11.5 Å². The zero-order chi connectivity index (χ0) is 21.4. The fourth-order valence-corrected chi connectivity index (χ4v) is 3.31. The molecule has 0 aliphatic heterocycles. The number of H-pyrrole nitrogens is 1. The van der Waals surface area contributed by atoms with Gasteiger partial charge >= 0.3 is 5.69 Å². The molecule has 0 saturated heterocycles. The second-order valence-electron chi connectivity index (χ2n) is 6.27. The van der Waals surface area contributed by atoms with Gasteiger partial charge in [-0.1, -0.05) is 17.7 Å². The van der Waals surface area contributed by atoms with E-state index in [1.165, 1.54) is 18.8 Å². The summed E-state index contributed by atoms with van der Waals surface area (Å²) in [5, 5.41) is 0.438. The quantitative estimate of drug-likeness (QED) is 0.506. The lowest BCUT2D eigenvalue weighted by Gasteiger charge is -2.11. The van der Waals surface area contributed by atoms with Crippen LogP contribution in [-0.4, -0.2) is 39.6 Å². The third-order valence-corrected chi connectivity index (χ3v) is 4.72. The van der Waals surface area contributed by atoms with Gasteiger partial charge in [0.1, 0.15) is 17.0 Å². The summed E-state index contributed by atoms with van der Waals surface area (Å²) in [5.74, 6) is 0.320. The van der Waals surface area contributed by atoms with Crippen LogP contribution < -0.4 is 20.9 Å². The highest BCUT2D eigenvalue weighted by atomic mass is 35.5. The molecule has 2 aromatic carbocycles. The van der Waals surface area contributed by atoms with Crippen LogP contribution in [0.25, 0.3) is 28.2 Å². The highest BCUT2D eigenvalue weighted by Crippen LogP contribution is 2.32. The molecule has 1 amide bonds. The van der Waals surface area contributed by atoms with Gasteiger partial charge in [-0.15, -0.1) is 0 Å². The lowest BCUT2D eigenvalue weighted by Crippen LogP contribution is -2.15. The van der Waals surface area contributed by atoms with Crippen molar-refractivity contribution in [2.75, 3.05) is 14.2 Å². The molecule has 0 fully saturated rings. The fourth-order valence-electron chi connectivity index (χ4n) is 3.13. The van der Waals surface area contributed by atoms with E-state index in [0.29, 0.717) is 27.8 Å². The van der Waals surface area contributed by atoms with E-state index in [9.17, 15) is 9.59 Å². The second kappa shape index (κ2) is 7.53. The molecule has 4 aromatic rings. The number of halogens is 1. The van der Waals surface area contributed by atoms with E-state index in [2.05, 4.69) is 15.0 Å². The molecule has 0 aliphatic rings. The van der Waals surface area contributed by atoms with E-state index in [1.54, 1.807) is 42.5 Å². The first-order valence-corrected chi connectivity index (χ1v) is 9.11. The van der Waals surface area contributed by atoms with Gasteiger partial charge in [0.15, 0.2) is 17.2 Å². The van der Waals surface area contributed by atoms with Crippen molar-refractivity contribution in [2.45, 2.75) is 0 Å². The van der Waals surface area contributed by atoms with Crippen molar-refractivity contribution in [3.63, 3.8) is 0 Å². The molecule has 2 heterocycles. The number of aromatic nitrogens is 4. The van der Waals surface area contributed by atoms with Gasteiger partial charge in [-0.25, -0.2) is 19.3 Å². The molecule has 10 heteroatoms. The number of benzene rings is 2. The molecular formula is C20H16ClN5O4. The molecular weight excluding hydrogens is 410 g/mol. The third kappa shape index (κ3) is 3.25. The molecule has 0 atom stereocenters. The van der Waals surface area contributed by atoms with Gasteiger partial charge in [0.05, 0.1) is 25.5 Å². The number of nitrogens with one attached hydrogen (secondary N) is 1. The van der Waals surface area contributed by atoms with Crippen molar-refractivity contribution >= 4 is 28.7 Å². The minimum absolute atomic E-state index is 0.123. The van der Waals surface area contributed by atoms with Crippen LogP contribution in [-0.2, 0) is 0 Å². The summed E-state index contributed by atoms with van der Waals surface area (Å²) < 4.78 is 12.0. The number of carbonyl (C=O) groups is 1. The number of aromatic amines is 1. The summed E-state index contributed by atoms with van der Waals surface area (Å²) in [5.41, 5.74) is 6.13.